The monoisotopic (exact) mass is 495 g/mol. The van der Waals surface area contributed by atoms with Crippen LogP contribution in [0.2, 0.25) is 25.7 Å². The molecule has 4 rings (SSSR count). The van der Waals surface area contributed by atoms with Crippen molar-refractivity contribution in [3.63, 3.8) is 0 Å². The number of ether oxygens (including phenoxy) is 1. The molecule has 0 saturated heterocycles. The van der Waals surface area contributed by atoms with Gasteiger partial charge >= 0.3 is 6.18 Å². The zero-order valence-corrected chi connectivity index (χ0v) is 20.9. The molecule has 2 N–H and O–H groups in total. The van der Waals surface area contributed by atoms with Crippen LogP contribution in [0.25, 0.3) is 11.0 Å². The van der Waals surface area contributed by atoms with E-state index in [1.165, 1.54) is 0 Å². The number of aromatic nitrogens is 5. The van der Waals surface area contributed by atoms with Gasteiger partial charge in [0.15, 0.2) is 0 Å². The lowest BCUT2D eigenvalue weighted by molar-refractivity contribution is -0.133. The highest BCUT2D eigenvalue weighted by atomic mass is 28.3. The highest BCUT2D eigenvalue weighted by Crippen LogP contribution is 2.29. The van der Waals surface area contributed by atoms with Gasteiger partial charge in [0.1, 0.15) is 24.5 Å². The smallest absolute Gasteiger partial charge is 0.361 e. The third-order valence-corrected chi connectivity index (χ3v) is 7.66. The number of hydrogen-bond acceptors (Lipinski definition) is 6. The van der Waals surface area contributed by atoms with Gasteiger partial charge < -0.3 is 19.5 Å². The van der Waals surface area contributed by atoms with Gasteiger partial charge in [-0.3, -0.25) is 5.10 Å². The highest BCUT2D eigenvalue weighted by molar-refractivity contribution is 6.76. The lowest BCUT2D eigenvalue weighted by Crippen LogP contribution is -2.32. The van der Waals surface area contributed by atoms with Crippen molar-refractivity contribution in [1.29, 1.82) is 0 Å². The van der Waals surface area contributed by atoms with Crippen LogP contribution in [-0.2, 0) is 31.0 Å². The first kappa shape index (κ1) is 24.7. The van der Waals surface area contributed by atoms with Crippen molar-refractivity contribution in [2.24, 2.45) is 0 Å². The molecule has 0 aliphatic carbocycles. The lowest BCUT2D eigenvalue weighted by Gasteiger charge is -2.28. The van der Waals surface area contributed by atoms with Gasteiger partial charge in [-0.05, 0) is 12.1 Å². The molecule has 186 valence electrons. The number of hydrogen-bond donors (Lipinski definition) is 2. The van der Waals surface area contributed by atoms with Crippen molar-refractivity contribution >= 4 is 24.9 Å². The molecule has 0 unspecified atom stereocenters. The Morgan fingerprint density at radius 3 is 2.82 bits per heavy atom. The number of rotatable bonds is 10. The third kappa shape index (κ3) is 6.16. The first-order chi connectivity index (χ1) is 16.1. The summed E-state index contributed by atoms with van der Waals surface area (Å²) < 4.78 is 45.1. The fourth-order valence-electron chi connectivity index (χ4n) is 4.01. The maximum absolute atomic E-state index is 12.4. The molecule has 0 aromatic carbocycles. The second-order valence-electron chi connectivity index (χ2n) is 9.91. The van der Waals surface area contributed by atoms with Crippen molar-refractivity contribution < 1.29 is 17.9 Å². The van der Waals surface area contributed by atoms with Crippen molar-refractivity contribution in [2.45, 2.75) is 64.5 Å². The number of H-pyrrole nitrogens is 1. The van der Waals surface area contributed by atoms with Crippen molar-refractivity contribution in [1.82, 2.24) is 30.0 Å². The minimum absolute atomic E-state index is 0.130. The van der Waals surface area contributed by atoms with Crippen molar-refractivity contribution in [3.8, 4) is 0 Å². The summed E-state index contributed by atoms with van der Waals surface area (Å²) in [6.45, 7) is 9.69. The fourth-order valence-corrected chi connectivity index (χ4v) is 4.76. The molecular formula is C22H32F3N7OSi. The summed E-state index contributed by atoms with van der Waals surface area (Å²) in [5.74, 6) is 0.841. The van der Waals surface area contributed by atoms with E-state index >= 15 is 0 Å². The van der Waals surface area contributed by atoms with Gasteiger partial charge in [-0.1, -0.05) is 19.6 Å². The van der Waals surface area contributed by atoms with Crippen LogP contribution in [0.1, 0.15) is 23.4 Å². The third-order valence-electron chi connectivity index (χ3n) is 5.96. The van der Waals surface area contributed by atoms with Gasteiger partial charge in [-0.2, -0.15) is 18.3 Å². The average Bonchev–Trinajstić information content (AvgIpc) is 3.36. The van der Waals surface area contributed by atoms with Crippen LogP contribution in [0.4, 0.5) is 19.0 Å². The predicted molar refractivity (Wildman–Crippen MR) is 127 cm³/mol. The van der Waals surface area contributed by atoms with Crippen LogP contribution in [0.15, 0.2) is 18.6 Å². The minimum atomic E-state index is -4.16. The lowest BCUT2D eigenvalue weighted by atomic mass is 10.0. The predicted octanol–water partition coefficient (Wildman–Crippen LogP) is 4.07. The fraction of sp³-hybridized carbons (Fsp3) is 0.591. The highest BCUT2D eigenvalue weighted by Gasteiger charge is 2.27. The number of alkyl halides is 3. The Morgan fingerprint density at radius 1 is 1.24 bits per heavy atom. The van der Waals surface area contributed by atoms with Gasteiger partial charge in [0.25, 0.3) is 0 Å². The first-order valence-corrected chi connectivity index (χ1v) is 15.3. The molecule has 0 saturated carbocycles. The molecule has 34 heavy (non-hydrogen) atoms. The van der Waals surface area contributed by atoms with Crippen LogP contribution in [0.3, 0.4) is 0 Å². The van der Waals surface area contributed by atoms with E-state index < -0.39 is 20.7 Å². The number of fused-ring (bicyclic) bond motifs is 2. The van der Waals surface area contributed by atoms with E-state index in [1.807, 2.05) is 16.8 Å². The normalized spacial score (nSPS) is 14.7. The Balaban J connectivity index is 1.43. The second kappa shape index (κ2) is 10.0. The SMILES string of the molecule is C[Si](C)(C)CCOCn1ccc2c(N3CCc4[nH]nc(CNCCC(F)(F)F)c4C3)ncnc21. The van der Waals surface area contributed by atoms with Gasteiger partial charge in [-0.25, -0.2) is 9.97 Å². The number of halogens is 3. The Hall–Kier alpha value is -2.44. The Labute approximate surface area is 197 Å². The van der Waals surface area contributed by atoms with E-state index in [-0.39, 0.29) is 6.54 Å². The maximum atomic E-state index is 12.4. The van der Waals surface area contributed by atoms with E-state index in [4.69, 9.17) is 4.74 Å². The summed E-state index contributed by atoms with van der Waals surface area (Å²) >= 11 is 0. The first-order valence-electron chi connectivity index (χ1n) is 11.6. The molecule has 1 aliphatic heterocycles. The number of nitrogens with zero attached hydrogens (tertiary/aromatic N) is 5. The van der Waals surface area contributed by atoms with Gasteiger partial charge in [0.05, 0.1) is 17.5 Å². The topological polar surface area (TPSA) is 83.9 Å². The van der Waals surface area contributed by atoms with E-state index in [0.29, 0.717) is 19.8 Å². The molecule has 0 amide bonds. The van der Waals surface area contributed by atoms with Gasteiger partial charge in [-0.15, -0.1) is 0 Å². The molecule has 0 bridgehead atoms. The Morgan fingerprint density at radius 2 is 2.06 bits per heavy atom. The van der Waals surface area contributed by atoms with Gasteiger partial charge in [0, 0.05) is 64.7 Å². The van der Waals surface area contributed by atoms with Gasteiger partial charge in [0.2, 0.25) is 0 Å². The molecule has 0 fully saturated rings. The molecule has 12 heteroatoms. The van der Waals surface area contributed by atoms with E-state index in [1.54, 1.807) is 6.33 Å². The maximum Gasteiger partial charge on any atom is 0.390 e. The zero-order valence-electron chi connectivity index (χ0n) is 19.9. The quantitative estimate of drug-likeness (QED) is 0.326. The van der Waals surface area contributed by atoms with Crippen LogP contribution in [-0.4, -0.2) is 58.7 Å². The molecule has 0 radical (unpaired) electrons. The molecule has 8 nitrogen and oxygen atoms in total. The standard InChI is InChI=1S/C22H32F3N7OSi/c1-34(2,3)11-10-33-15-32-8-4-16-20(27-14-28-21(16)32)31-9-5-18-17(13-31)19(30-29-18)12-26-7-6-22(23,24)25/h4,8,14,26H,5-7,9-13,15H2,1-3H3,(H,29,30). The van der Waals surface area contributed by atoms with Crippen LogP contribution < -0.4 is 10.2 Å². The van der Waals surface area contributed by atoms with Crippen LogP contribution >= 0.6 is 0 Å². The zero-order chi connectivity index (χ0) is 24.3. The van der Waals surface area contributed by atoms with E-state index in [2.05, 4.69) is 50.0 Å². The summed E-state index contributed by atoms with van der Waals surface area (Å²) in [7, 11) is -1.14. The number of aromatic amines is 1. The van der Waals surface area contributed by atoms with Crippen LogP contribution in [0.5, 0.6) is 0 Å². The Bertz CT molecular complexity index is 1110. The van der Waals surface area contributed by atoms with E-state index in [9.17, 15) is 13.2 Å². The van der Waals surface area contributed by atoms with Crippen molar-refractivity contribution in [3.05, 3.63) is 35.5 Å². The minimum Gasteiger partial charge on any atom is -0.361 e. The summed E-state index contributed by atoms with van der Waals surface area (Å²) in [5.41, 5.74) is 3.62. The molecule has 4 heterocycles. The molecular weight excluding hydrogens is 463 g/mol. The molecule has 3 aromatic heterocycles. The summed E-state index contributed by atoms with van der Waals surface area (Å²) in [4.78, 5) is 11.2. The van der Waals surface area contributed by atoms with E-state index in [0.717, 1.165) is 59.4 Å². The Kier molecular flexibility index (Phi) is 7.29. The molecule has 0 atom stereocenters. The summed E-state index contributed by atoms with van der Waals surface area (Å²) in [6.07, 6.45) is -0.718. The molecule has 0 spiro atoms. The average molecular weight is 496 g/mol. The van der Waals surface area contributed by atoms with Crippen molar-refractivity contribution in [2.75, 3.05) is 24.6 Å². The molecule has 3 aromatic rings. The number of anilines is 1. The van der Waals surface area contributed by atoms with Crippen LogP contribution in [0, 0.1) is 0 Å². The summed E-state index contributed by atoms with van der Waals surface area (Å²) in [6, 6.07) is 3.12. The summed E-state index contributed by atoms with van der Waals surface area (Å²) in [5, 5.41) is 11.2. The second-order valence-corrected chi connectivity index (χ2v) is 15.5. The number of nitrogens with one attached hydrogen (secondary N) is 2. The molecule has 1 aliphatic rings. The largest absolute Gasteiger partial charge is 0.390 e.